The minimum Gasteiger partial charge on any atom is -0.493 e. The van der Waals surface area contributed by atoms with Crippen molar-refractivity contribution in [3.8, 4) is 5.88 Å². The van der Waals surface area contributed by atoms with Gasteiger partial charge in [0.1, 0.15) is 0 Å². The summed E-state index contributed by atoms with van der Waals surface area (Å²) in [5.74, 6) is 3.36. The van der Waals surface area contributed by atoms with Gasteiger partial charge in [-0.3, -0.25) is 19.1 Å². The van der Waals surface area contributed by atoms with E-state index in [4.69, 9.17) is 5.21 Å². The van der Waals surface area contributed by atoms with E-state index < -0.39 is 5.91 Å². The van der Waals surface area contributed by atoms with Gasteiger partial charge in [-0.2, -0.15) is 0 Å². The molecule has 3 unspecified atom stereocenters. The summed E-state index contributed by atoms with van der Waals surface area (Å²) in [4.78, 5) is 25.4. The maximum atomic E-state index is 13.9. The Kier molecular flexibility index (Phi) is 4.83. The molecule has 32 heavy (non-hydrogen) atoms. The molecule has 6 aliphatic carbocycles. The van der Waals surface area contributed by atoms with Gasteiger partial charge in [0, 0.05) is 13.0 Å². The largest absolute Gasteiger partial charge is 0.493 e. The number of rotatable bonds is 7. The SMILES string of the molecule is O=C(CCCc1c(O)n(C23CC4CC(CC(C4)C2)C3)c(=O)n1CC1CC2C=CC1C2)NO. The first-order valence-electron chi connectivity index (χ1n) is 12.6. The highest BCUT2D eigenvalue weighted by molar-refractivity contribution is 5.74. The number of hydroxylamine groups is 1. The minimum atomic E-state index is -0.433. The molecule has 1 aromatic heterocycles. The molecule has 174 valence electrons. The van der Waals surface area contributed by atoms with Crippen molar-refractivity contribution in [1.82, 2.24) is 14.6 Å². The summed E-state index contributed by atoms with van der Waals surface area (Å²) >= 11 is 0. The third-order valence-corrected chi connectivity index (χ3v) is 9.47. The highest BCUT2D eigenvalue weighted by atomic mass is 16.5. The van der Waals surface area contributed by atoms with Crippen LogP contribution in [-0.4, -0.2) is 25.4 Å². The molecule has 5 fully saturated rings. The molecule has 3 atom stereocenters. The van der Waals surface area contributed by atoms with Gasteiger partial charge in [-0.1, -0.05) is 12.2 Å². The van der Waals surface area contributed by atoms with Crippen LogP contribution >= 0.6 is 0 Å². The van der Waals surface area contributed by atoms with Gasteiger partial charge in [0.05, 0.1) is 11.2 Å². The van der Waals surface area contributed by atoms with E-state index in [9.17, 15) is 14.7 Å². The first-order chi connectivity index (χ1) is 15.5. The smallest absolute Gasteiger partial charge is 0.331 e. The molecule has 0 spiro atoms. The van der Waals surface area contributed by atoms with E-state index in [2.05, 4.69) is 12.2 Å². The summed E-state index contributed by atoms with van der Waals surface area (Å²) in [7, 11) is 0. The Morgan fingerprint density at radius 1 is 1.06 bits per heavy atom. The zero-order valence-corrected chi connectivity index (χ0v) is 18.7. The standard InChI is InChI=1S/C25H35N3O4/c29-22(26-32)3-1-2-21-23(30)28(25-11-16-6-17(12-25)8-18(7-16)13-25)24(31)27(21)14-20-10-15-4-5-19(20)9-15/h4-5,15-20,30,32H,1-3,6-14H2,(H,26,29). The molecule has 7 heteroatoms. The zero-order chi connectivity index (χ0) is 22.0. The van der Waals surface area contributed by atoms with Gasteiger partial charge in [0.2, 0.25) is 11.8 Å². The number of nitrogens with one attached hydrogen (secondary N) is 1. The summed E-state index contributed by atoms with van der Waals surface area (Å²) in [6.45, 7) is 0.652. The van der Waals surface area contributed by atoms with Crippen LogP contribution in [0.2, 0.25) is 0 Å². The Hall–Kier alpha value is -2.02. The van der Waals surface area contributed by atoms with Crippen molar-refractivity contribution >= 4 is 5.91 Å². The Labute approximate surface area is 188 Å². The summed E-state index contributed by atoms with van der Waals surface area (Å²) in [5.41, 5.74) is 2.09. The molecule has 1 aromatic rings. The van der Waals surface area contributed by atoms with Gasteiger partial charge in [0.15, 0.2) is 0 Å². The molecule has 0 saturated heterocycles. The van der Waals surface area contributed by atoms with Crippen LogP contribution in [0.4, 0.5) is 0 Å². The Balaban J connectivity index is 1.35. The number of nitrogens with zero attached hydrogens (tertiary/aromatic N) is 2. The summed E-state index contributed by atoms with van der Waals surface area (Å²) in [5, 5.41) is 20.3. The monoisotopic (exact) mass is 441 g/mol. The Morgan fingerprint density at radius 3 is 2.31 bits per heavy atom. The van der Waals surface area contributed by atoms with Gasteiger partial charge in [-0.05, 0) is 99.7 Å². The first kappa shape index (κ1) is 20.6. The van der Waals surface area contributed by atoms with Crippen molar-refractivity contribution in [2.24, 2.45) is 35.5 Å². The molecule has 3 N–H and O–H groups in total. The minimum absolute atomic E-state index is 0.0437. The average Bonchev–Trinajstić information content (AvgIpc) is 3.42. The fourth-order valence-electron chi connectivity index (χ4n) is 8.59. The molecular formula is C25H35N3O4. The first-order valence-corrected chi connectivity index (χ1v) is 12.6. The molecule has 0 radical (unpaired) electrons. The van der Waals surface area contributed by atoms with Gasteiger partial charge in [0.25, 0.3) is 0 Å². The van der Waals surface area contributed by atoms with E-state index in [1.807, 2.05) is 4.57 Å². The fourth-order valence-corrected chi connectivity index (χ4v) is 8.59. The van der Waals surface area contributed by atoms with Crippen molar-refractivity contribution < 1.29 is 15.1 Å². The molecule has 0 aliphatic heterocycles. The second-order valence-electron chi connectivity index (χ2n) is 11.6. The van der Waals surface area contributed by atoms with Crippen LogP contribution in [0.3, 0.4) is 0 Å². The van der Waals surface area contributed by atoms with E-state index in [-0.39, 0.29) is 23.5 Å². The van der Waals surface area contributed by atoms with E-state index in [0.29, 0.717) is 60.6 Å². The molecule has 6 bridgehead atoms. The van der Waals surface area contributed by atoms with Gasteiger partial charge >= 0.3 is 5.69 Å². The number of hydrogen-bond donors (Lipinski definition) is 3. The summed E-state index contributed by atoms with van der Waals surface area (Å²) in [6.07, 6.45) is 15.0. The molecule has 5 saturated carbocycles. The van der Waals surface area contributed by atoms with Crippen molar-refractivity contribution in [3.05, 3.63) is 28.3 Å². The molecule has 1 heterocycles. The maximum Gasteiger partial charge on any atom is 0.331 e. The van der Waals surface area contributed by atoms with Crippen molar-refractivity contribution in [2.75, 3.05) is 0 Å². The third kappa shape index (κ3) is 3.18. The predicted octanol–water partition coefficient (Wildman–Crippen LogP) is 3.32. The van der Waals surface area contributed by atoms with Crippen LogP contribution in [0.15, 0.2) is 16.9 Å². The van der Waals surface area contributed by atoms with Crippen LogP contribution in [0.5, 0.6) is 5.88 Å². The number of fused-ring (bicyclic) bond motifs is 2. The lowest BCUT2D eigenvalue weighted by Crippen LogP contribution is -2.54. The maximum absolute atomic E-state index is 13.9. The van der Waals surface area contributed by atoms with Crippen LogP contribution in [-0.2, 0) is 23.3 Å². The quantitative estimate of drug-likeness (QED) is 0.344. The normalized spacial score (nSPS) is 38.7. The van der Waals surface area contributed by atoms with E-state index in [1.165, 1.54) is 25.7 Å². The number of aromatic nitrogens is 2. The van der Waals surface area contributed by atoms with Crippen molar-refractivity contribution in [3.63, 3.8) is 0 Å². The second kappa shape index (κ2) is 7.51. The molecule has 7 rings (SSSR count). The number of imidazole rings is 1. The summed E-state index contributed by atoms with van der Waals surface area (Å²) in [6, 6.07) is 0. The number of allylic oxidation sites excluding steroid dienone is 2. The topological polar surface area (TPSA) is 96.5 Å². The van der Waals surface area contributed by atoms with Crippen molar-refractivity contribution in [2.45, 2.75) is 82.7 Å². The Morgan fingerprint density at radius 2 is 1.75 bits per heavy atom. The average molecular weight is 442 g/mol. The predicted molar refractivity (Wildman–Crippen MR) is 118 cm³/mol. The number of aromatic hydroxyl groups is 1. The van der Waals surface area contributed by atoms with Crippen LogP contribution < -0.4 is 11.2 Å². The number of amides is 1. The third-order valence-electron chi connectivity index (χ3n) is 9.47. The molecule has 1 amide bonds. The highest BCUT2D eigenvalue weighted by Crippen LogP contribution is 2.59. The van der Waals surface area contributed by atoms with E-state index in [0.717, 1.165) is 25.7 Å². The second-order valence-corrected chi connectivity index (χ2v) is 11.6. The molecule has 6 aliphatic rings. The van der Waals surface area contributed by atoms with Gasteiger partial charge in [-0.25, -0.2) is 10.3 Å². The van der Waals surface area contributed by atoms with Crippen LogP contribution in [0.1, 0.15) is 69.9 Å². The van der Waals surface area contributed by atoms with E-state index >= 15 is 0 Å². The van der Waals surface area contributed by atoms with Crippen molar-refractivity contribution in [1.29, 1.82) is 0 Å². The van der Waals surface area contributed by atoms with E-state index in [1.54, 1.807) is 10.0 Å². The molecule has 7 nitrogen and oxygen atoms in total. The highest BCUT2D eigenvalue weighted by Gasteiger charge is 2.54. The lowest BCUT2D eigenvalue weighted by Gasteiger charge is -2.56. The molecule has 0 aromatic carbocycles. The number of hydrogen-bond acceptors (Lipinski definition) is 4. The Bertz CT molecular complexity index is 970. The lowest BCUT2D eigenvalue weighted by atomic mass is 9.53. The fraction of sp³-hybridized carbons (Fsp3) is 0.760. The van der Waals surface area contributed by atoms with Gasteiger partial charge in [-0.15, -0.1) is 0 Å². The van der Waals surface area contributed by atoms with Gasteiger partial charge < -0.3 is 5.11 Å². The zero-order valence-electron chi connectivity index (χ0n) is 18.7. The number of carbonyl (C=O) groups excluding carboxylic acids is 1. The number of carbonyl (C=O) groups is 1. The lowest BCUT2D eigenvalue weighted by molar-refractivity contribution is -0.129. The van der Waals surface area contributed by atoms with Crippen LogP contribution in [0.25, 0.3) is 0 Å². The summed E-state index contributed by atoms with van der Waals surface area (Å²) < 4.78 is 3.64. The van der Waals surface area contributed by atoms with Crippen LogP contribution in [0, 0.1) is 35.5 Å². The molecular weight excluding hydrogens is 406 g/mol.